The molecule has 0 aromatic heterocycles. The molecule has 1 amide bonds. The zero-order chi connectivity index (χ0) is 14.3. The molecule has 1 heterocycles. The Morgan fingerprint density at radius 1 is 1.35 bits per heavy atom. The fraction of sp³-hybridized carbons (Fsp3) is 0.467. The molecule has 1 aliphatic heterocycles. The molecule has 0 bridgehead atoms. The Labute approximate surface area is 117 Å². The second-order valence-electron chi connectivity index (χ2n) is 5.84. The second kappa shape index (κ2) is 4.59. The first-order valence-corrected chi connectivity index (χ1v) is 6.92. The van der Waals surface area contributed by atoms with E-state index in [1.165, 1.54) is 4.90 Å². The number of nitrogens with two attached hydrogens (primary N) is 1. The summed E-state index contributed by atoms with van der Waals surface area (Å²) < 4.78 is 0. The van der Waals surface area contributed by atoms with Crippen LogP contribution in [0.5, 0.6) is 0 Å². The summed E-state index contributed by atoms with van der Waals surface area (Å²) in [7, 11) is 0. The summed E-state index contributed by atoms with van der Waals surface area (Å²) in [5.41, 5.74) is 7.31. The van der Waals surface area contributed by atoms with Crippen molar-refractivity contribution in [1.29, 1.82) is 0 Å². The quantitative estimate of drug-likeness (QED) is 0.870. The Hall–Kier alpha value is -1.88. The molecule has 5 heteroatoms. The van der Waals surface area contributed by atoms with Crippen molar-refractivity contribution in [2.75, 3.05) is 4.90 Å². The average Bonchev–Trinajstić information content (AvgIpc) is 2.76. The molecule has 1 unspecified atom stereocenters. The van der Waals surface area contributed by atoms with Gasteiger partial charge in [-0.3, -0.25) is 9.69 Å². The fourth-order valence-electron chi connectivity index (χ4n) is 3.09. The minimum atomic E-state index is -0.964. The van der Waals surface area contributed by atoms with Crippen LogP contribution in [0, 0.1) is 0 Å². The van der Waals surface area contributed by atoms with Crippen molar-refractivity contribution < 1.29 is 14.7 Å². The Kier molecular flexibility index (Phi) is 3.01. The molecule has 3 N–H and O–H groups in total. The van der Waals surface area contributed by atoms with Gasteiger partial charge in [-0.05, 0) is 30.9 Å². The summed E-state index contributed by atoms with van der Waals surface area (Å²) in [5.74, 6) is -1.14. The van der Waals surface area contributed by atoms with E-state index in [4.69, 9.17) is 5.73 Å². The van der Waals surface area contributed by atoms with Crippen molar-refractivity contribution in [3.63, 3.8) is 0 Å². The topological polar surface area (TPSA) is 83.6 Å². The highest BCUT2D eigenvalue weighted by Gasteiger charge is 2.42. The van der Waals surface area contributed by atoms with E-state index in [1.807, 2.05) is 18.2 Å². The number of hydrogen-bond acceptors (Lipinski definition) is 3. The summed E-state index contributed by atoms with van der Waals surface area (Å²) in [6, 6.07) is 6.57. The Bertz CT molecular complexity index is 566. The number of aliphatic carboxylic acids is 1. The lowest BCUT2D eigenvalue weighted by atomic mass is 9.75. The lowest BCUT2D eigenvalue weighted by molar-refractivity contribution is -0.140. The molecule has 5 nitrogen and oxygen atoms in total. The van der Waals surface area contributed by atoms with Gasteiger partial charge >= 0.3 is 5.97 Å². The molecule has 1 aromatic rings. The number of carbonyl (C=O) groups excluding carboxylic acids is 1. The average molecular weight is 274 g/mol. The molecular formula is C15H18N2O3. The molecule has 0 spiro atoms. The molecule has 2 aliphatic rings. The molecule has 0 radical (unpaired) electrons. The molecule has 20 heavy (non-hydrogen) atoms. The van der Waals surface area contributed by atoms with Crippen LogP contribution in [-0.2, 0) is 16.0 Å². The van der Waals surface area contributed by atoms with Crippen LogP contribution in [-0.4, -0.2) is 28.6 Å². The van der Waals surface area contributed by atoms with Gasteiger partial charge in [0.15, 0.2) is 0 Å². The van der Waals surface area contributed by atoms with Crippen LogP contribution < -0.4 is 10.6 Å². The van der Waals surface area contributed by atoms with Gasteiger partial charge in [-0.25, -0.2) is 4.79 Å². The van der Waals surface area contributed by atoms with E-state index in [2.05, 4.69) is 0 Å². The molecule has 3 rings (SSSR count). The third-order valence-corrected chi connectivity index (χ3v) is 4.38. The Morgan fingerprint density at radius 3 is 2.65 bits per heavy atom. The summed E-state index contributed by atoms with van der Waals surface area (Å²) >= 11 is 0. The van der Waals surface area contributed by atoms with E-state index < -0.39 is 17.6 Å². The summed E-state index contributed by atoms with van der Waals surface area (Å²) in [6.07, 6.45) is 3.32. The van der Waals surface area contributed by atoms with Gasteiger partial charge in [0, 0.05) is 24.1 Å². The molecule has 106 valence electrons. The lowest BCUT2D eigenvalue weighted by Crippen LogP contribution is -2.52. The minimum absolute atomic E-state index is 0.176. The van der Waals surface area contributed by atoms with Crippen LogP contribution in [0.3, 0.4) is 0 Å². The number of carboxylic acids is 1. The number of para-hydroxylation sites is 1. The zero-order valence-corrected chi connectivity index (χ0v) is 11.2. The first-order valence-electron chi connectivity index (χ1n) is 6.92. The molecule has 1 saturated carbocycles. The molecular weight excluding hydrogens is 256 g/mol. The van der Waals surface area contributed by atoms with E-state index in [-0.39, 0.29) is 12.3 Å². The smallest absolute Gasteiger partial charge is 0.327 e. The van der Waals surface area contributed by atoms with E-state index in [9.17, 15) is 14.7 Å². The molecule has 1 aliphatic carbocycles. The van der Waals surface area contributed by atoms with E-state index >= 15 is 0 Å². The molecule has 1 atom stereocenters. The first kappa shape index (κ1) is 13.1. The van der Waals surface area contributed by atoms with Gasteiger partial charge in [0.2, 0.25) is 5.91 Å². The Balaban J connectivity index is 1.88. The number of nitrogens with zero attached hydrogens (tertiary/aromatic N) is 1. The zero-order valence-electron chi connectivity index (χ0n) is 11.2. The van der Waals surface area contributed by atoms with Crippen molar-refractivity contribution in [1.82, 2.24) is 0 Å². The highest BCUT2D eigenvalue weighted by atomic mass is 16.4. The van der Waals surface area contributed by atoms with E-state index in [0.717, 1.165) is 24.8 Å². The maximum absolute atomic E-state index is 12.5. The molecule has 0 saturated heterocycles. The van der Waals surface area contributed by atoms with Gasteiger partial charge in [0.25, 0.3) is 0 Å². The summed E-state index contributed by atoms with van der Waals surface area (Å²) in [4.78, 5) is 25.3. The van der Waals surface area contributed by atoms with Gasteiger partial charge in [-0.2, -0.15) is 0 Å². The Morgan fingerprint density at radius 2 is 2.05 bits per heavy atom. The van der Waals surface area contributed by atoms with Crippen molar-refractivity contribution in [2.45, 2.75) is 43.7 Å². The van der Waals surface area contributed by atoms with Gasteiger partial charge in [-0.15, -0.1) is 0 Å². The van der Waals surface area contributed by atoms with E-state index in [1.54, 1.807) is 6.07 Å². The number of carboxylic acid groups (broad SMARTS) is 1. The van der Waals surface area contributed by atoms with Crippen molar-refractivity contribution in [3.05, 3.63) is 29.8 Å². The normalized spacial score (nSPS) is 23.1. The predicted molar refractivity (Wildman–Crippen MR) is 74.4 cm³/mol. The number of carbonyl (C=O) groups is 2. The van der Waals surface area contributed by atoms with Crippen LogP contribution in [0.25, 0.3) is 0 Å². The predicted octanol–water partition coefficient (Wildman–Crippen LogP) is 1.30. The van der Waals surface area contributed by atoms with Crippen LogP contribution in [0.1, 0.15) is 31.2 Å². The standard InChI is InChI=1S/C15H18N2O3/c16-15(6-3-7-15)9-13(18)17-11-5-2-1-4-10(11)8-12(17)14(19)20/h1-2,4-5,12H,3,6-9,16H2,(H,19,20). The first-order chi connectivity index (χ1) is 9.50. The maximum Gasteiger partial charge on any atom is 0.327 e. The van der Waals surface area contributed by atoms with Crippen molar-refractivity contribution in [2.24, 2.45) is 5.73 Å². The number of rotatable bonds is 3. The largest absolute Gasteiger partial charge is 0.480 e. The van der Waals surface area contributed by atoms with Crippen molar-refractivity contribution in [3.8, 4) is 0 Å². The highest BCUT2D eigenvalue weighted by Crippen LogP contribution is 2.37. The summed E-state index contributed by atoms with van der Waals surface area (Å²) in [6.45, 7) is 0. The molecule has 1 fully saturated rings. The van der Waals surface area contributed by atoms with E-state index in [0.29, 0.717) is 12.1 Å². The SMILES string of the molecule is NC1(CC(=O)N2c3ccccc3CC2C(=O)O)CCC1. The van der Waals surface area contributed by atoms with Crippen LogP contribution >= 0.6 is 0 Å². The lowest BCUT2D eigenvalue weighted by Gasteiger charge is -2.39. The number of fused-ring (bicyclic) bond motifs is 1. The van der Waals surface area contributed by atoms with Crippen LogP contribution in [0.2, 0.25) is 0 Å². The van der Waals surface area contributed by atoms with Crippen molar-refractivity contribution >= 4 is 17.6 Å². The maximum atomic E-state index is 12.5. The minimum Gasteiger partial charge on any atom is -0.480 e. The number of hydrogen-bond donors (Lipinski definition) is 2. The van der Waals surface area contributed by atoms with Crippen LogP contribution in [0.15, 0.2) is 24.3 Å². The number of anilines is 1. The highest BCUT2D eigenvalue weighted by molar-refractivity contribution is 6.02. The fourth-order valence-corrected chi connectivity index (χ4v) is 3.09. The third kappa shape index (κ3) is 2.08. The monoisotopic (exact) mass is 274 g/mol. The van der Waals surface area contributed by atoms with Crippen LogP contribution in [0.4, 0.5) is 5.69 Å². The molecule has 1 aromatic carbocycles. The third-order valence-electron chi connectivity index (χ3n) is 4.38. The van der Waals surface area contributed by atoms with Gasteiger partial charge in [0.1, 0.15) is 6.04 Å². The van der Waals surface area contributed by atoms with Gasteiger partial charge in [-0.1, -0.05) is 18.2 Å². The number of benzene rings is 1. The number of amides is 1. The van der Waals surface area contributed by atoms with Gasteiger partial charge < -0.3 is 10.8 Å². The van der Waals surface area contributed by atoms with Gasteiger partial charge in [0.05, 0.1) is 0 Å². The second-order valence-corrected chi connectivity index (χ2v) is 5.84. The summed E-state index contributed by atoms with van der Waals surface area (Å²) in [5, 5.41) is 9.35.